The number of aliphatic imine (C=N–C) groups is 1. The molecule has 140 valence electrons. The standard InChI is InChI=1S/C21H29N3O2/c1-4-25-8-9-26-15-19-7-5-6-18(13-19)14-23-21(22)24-20-11-16(2)10-17(3)12-20/h5-7,10-13H,4,8-9,14-15H2,1-3H3,(H3,22,23,24). The summed E-state index contributed by atoms with van der Waals surface area (Å²) in [6.07, 6.45) is 0. The van der Waals surface area contributed by atoms with E-state index in [9.17, 15) is 0 Å². The maximum absolute atomic E-state index is 6.02. The molecule has 0 aliphatic carbocycles. The topological polar surface area (TPSA) is 68.9 Å². The highest BCUT2D eigenvalue weighted by molar-refractivity contribution is 5.92. The van der Waals surface area contributed by atoms with Gasteiger partial charge in [0.1, 0.15) is 0 Å². The minimum Gasteiger partial charge on any atom is -0.379 e. The van der Waals surface area contributed by atoms with Gasteiger partial charge < -0.3 is 20.5 Å². The van der Waals surface area contributed by atoms with Crippen molar-refractivity contribution in [2.75, 3.05) is 25.1 Å². The van der Waals surface area contributed by atoms with Crippen molar-refractivity contribution in [2.45, 2.75) is 33.9 Å². The summed E-state index contributed by atoms with van der Waals surface area (Å²) >= 11 is 0. The number of nitrogens with two attached hydrogens (primary N) is 1. The zero-order valence-corrected chi connectivity index (χ0v) is 15.9. The van der Waals surface area contributed by atoms with Crippen molar-refractivity contribution < 1.29 is 9.47 Å². The van der Waals surface area contributed by atoms with Gasteiger partial charge in [0.25, 0.3) is 0 Å². The average Bonchev–Trinajstić information content (AvgIpc) is 2.59. The molecule has 3 N–H and O–H groups in total. The van der Waals surface area contributed by atoms with E-state index in [0.717, 1.165) is 16.8 Å². The van der Waals surface area contributed by atoms with Gasteiger partial charge in [0.05, 0.1) is 26.4 Å². The molecular weight excluding hydrogens is 326 g/mol. The summed E-state index contributed by atoms with van der Waals surface area (Å²) in [6, 6.07) is 14.4. The summed E-state index contributed by atoms with van der Waals surface area (Å²) in [5.74, 6) is 0.411. The van der Waals surface area contributed by atoms with E-state index in [-0.39, 0.29) is 0 Å². The van der Waals surface area contributed by atoms with Gasteiger partial charge in [-0.25, -0.2) is 4.99 Å². The molecule has 0 aromatic heterocycles. The lowest BCUT2D eigenvalue weighted by atomic mass is 10.1. The molecule has 2 aromatic rings. The molecule has 0 atom stereocenters. The second-order valence-corrected chi connectivity index (χ2v) is 6.27. The van der Waals surface area contributed by atoms with Crippen LogP contribution in [-0.2, 0) is 22.6 Å². The molecule has 2 aromatic carbocycles. The van der Waals surface area contributed by atoms with Gasteiger partial charge in [-0.05, 0) is 55.2 Å². The Labute approximate surface area is 156 Å². The van der Waals surface area contributed by atoms with Crippen molar-refractivity contribution in [2.24, 2.45) is 10.7 Å². The number of benzene rings is 2. The summed E-state index contributed by atoms with van der Waals surface area (Å²) in [5.41, 5.74) is 11.6. The van der Waals surface area contributed by atoms with Gasteiger partial charge in [0, 0.05) is 12.3 Å². The van der Waals surface area contributed by atoms with Gasteiger partial charge in [0.15, 0.2) is 5.96 Å². The average molecular weight is 355 g/mol. The monoisotopic (exact) mass is 355 g/mol. The Bertz CT molecular complexity index is 709. The molecule has 0 unspecified atom stereocenters. The number of aryl methyl sites for hydroxylation is 2. The first-order valence-corrected chi connectivity index (χ1v) is 8.95. The molecule has 0 saturated carbocycles. The van der Waals surface area contributed by atoms with Gasteiger partial charge in [-0.3, -0.25) is 0 Å². The highest BCUT2D eigenvalue weighted by Gasteiger charge is 2.00. The van der Waals surface area contributed by atoms with Crippen LogP contribution >= 0.6 is 0 Å². The fourth-order valence-electron chi connectivity index (χ4n) is 2.68. The third kappa shape index (κ3) is 7.25. The zero-order valence-electron chi connectivity index (χ0n) is 15.9. The molecule has 0 heterocycles. The summed E-state index contributed by atoms with van der Waals surface area (Å²) < 4.78 is 10.9. The van der Waals surface area contributed by atoms with Crippen molar-refractivity contribution in [3.63, 3.8) is 0 Å². The first-order valence-electron chi connectivity index (χ1n) is 8.95. The zero-order chi connectivity index (χ0) is 18.8. The quantitative estimate of drug-likeness (QED) is 0.408. The van der Waals surface area contributed by atoms with Crippen LogP contribution in [0.1, 0.15) is 29.2 Å². The van der Waals surface area contributed by atoms with Crippen LogP contribution in [0.15, 0.2) is 47.5 Å². The number of nitrogens with zero attached hydrogens (tertiary/aromatic N) is 1. The Balaban J connectivity index is 1.87. The molecule has 5 nitrogen and oxygen atoms in total. The number of hydrogen-bond acceptors (Lipinski definition) is 3. The van der Waals surface area contributed by atoms with Crippen molar-refractivity contribution >= 4 is 11.6 Å². The first-order chi connectivity index (χ1) is 12.6. The number of guanidine groups is 1. The Morgan fingerprint density at radius 3 is 2.42 bits per heavy atom. The smallest absolute Gasteiger partial charge is 0.193 e. The summed E-state index contributed by atoms with van der Waals surface area (Å²) in [4.78, 5) is 4.43. The van der Waals surface area contributed by atoms with Crippen LogP contribution in [0.2, 0.25) is 0 Å². The Hall–Kier alpha value is -2.37. The third-order valence-corrected chi connectivity index (χ3v) is 3.76. The lowest BCUT2D eigenvalue weighted by Gasteiger charge is -2.09. The summed E-state index contributed by atoms with van der Waals surface area (Å²) in [5, 5.41) is 3.15. The molecule has 0 aliphatic rings. The lowest BCUT2D eigenvalue weighted by Crippen LogP contribution is -2.22. The molecule has 0 saturated heterocycles. The summed E-state index contributed by atoms with van der Waals surface area (Å²) in [7, 11) is 0. The molecule has 0 fully saturated rings. The Morgan fingerprint density at radius 1 is 1.00 bits per heavy atom. The van der Waals surface area contributed by atoms with E-state index in [2.05, 4.69) is 48.4 Å². The molecule has 2 rings (SSSR count). The van der Waals surface area contributed by atoms with E-state index in [1.165, 1.54) is 11.1 Å². The largest absolute Gasteiger partial charge is 0.379 e. The van der Waals surface area contributed by atoms with E-state index in [0.29, 0.717) is 38.9 Å². The maximum atomic E-state index is 6.02. The molecule has 26 heavy (non-hydrogen) atoms. The van der Waals surface area contributed by atoms with Crippen molar-refractivity contribution in [3.05, 3.63) is 64.7 Å². The molecule has 0 amide bonds. The third-order valence-electron chi connectivity index (χ3n) is 3.76. The van der Waals surface area contributed by atoms with Gasteiger partial charge in [-0.1, -0.05) is 30.3 Å². The lowest BCUT2D eigenvalue weighted by molar-refractivity contribution is 0.0453. The van der Waals surface area contributed by atoms with Crippen molar-refractivity contribution in [1.82, 2.24) is 0 Å². The SMILES string of the molecule is CCOCCOCc1cccc(CN=C(N)Nc2cc(C)cc(C)c2)c1. The molecule has 0 aliphatic heterocycles. The fraction of sp³-hybridized carbons (Fsp3) is 0.381. The molecule has 0 bridgehead atoms. The van der Waals surface area contributed by atoms with Crippen molar-refractivity contribution in [3.8, 4) is 0 Å². The first kappa shape index (κ1) is 19.9. The van der Waals surface area contributed by atoms with Gasteiger partial charge in [0.2, 0.25) is 0 Å². The highest BCUT2D eigenvalue weighted by Crippen LogP contribution is 2.13. The van der Waals surface area contributed by atoms with E-state index in [1.807, 2.05) is 25.1 Å². The van der Waals surface area contributed by atoms with E-state index in [1.54, 1.807) is 0 Å². The second kappa shape index (κ2) is 10.6. The maximum Gasteiger partial charge on any atom is 0.193 e. The van der Waals surface area contributed by atoms with E-state index >= 15 is 0 Å². The number of hydrogen-bond donors (Lipinski definition) is 2. The predicted octanol–water partition coefficient (Wildman–Crippen LogP) is 3.78. The van der Waals surface area contributed by atoms with E-state index < -0.39 is 0 Å². The van der Waals surface area contributed by atoms with Gasteiger partial charge in [-0.2, -0.15) is 0 Å². The van der Waals surface area contributed by atoms with Gasteiger partial charge >= 0.3 is 0 Å². The van der Waals surface area contributed by atoms with Gasteiger partial charge in [-0.15, -0.1) is 0 Å². The van der Waals surface area contributed by atoms with Crippen LogP contribution in [0.4, 0.5) is 5.69 Å². The summed E-state index contributed by atoms with van der Waals surface area (Å²) in [6.45, 7) is 9.14. The minimum atomic E-state index is 0.411. The minimum absolute atomic E-state index is 0.411. The van der Waals surface area contributed by atoms with Crippen LogP contribution in [0.25, 0.3) is 0 Å². The number of nitrogens with one attached hydrogen (secondary N) is 1. The highest BCUT2D eigenvalue weighted by atomic mass is 16.5. The Kier molecular flexibility index (Phi) is 8.12. The molecule has 5 heteroatoms. The van der Waals surface area contributed by atoms with Crippen LogP contribution in [-0.4, -0.2) is 25.8 Å². The fourth-order valence-corrected chi connectivity index (χ4v) is 2.68. The van der Waals surface area contributed by atoms with Crippen LogP contribution in [0, 0.1) is 13.8 Å². The normalized spacial score (nSPS) is 11.6. The van der Waals surface area contributed by atoms with E-state index in [4.69, 9.17) is 15.2 Å². The number of anilines is 1. The molecule has 0 radical (unpaired) electrons. The number of rotatable bonds is 9. The molecule has 0 spiro atoms. The second-order valence-electron chi connectivity index (χ2n) is 6.27. The predicted molar refractivity (Wildman–Crippen MR) is 107 cm³/mol. The van der Waals surface area contributed by atoms with Crippen molar-refractivity contribution in [1.29, 1.82) is 0 Å². The Morgan fingerprint density at radius 2 is 1.69 bits per heavy atom. The van der Waals surface area contributed by atoms with Crippen LogP contribution < -0.4 is 11.1 Å². The van der Waals surface area contributed by atoms with Crippen LogP contribution in [0.5, 0.6) is 0 Å². The van der Waals surface area contributed by atoms with Crippen LogP contribution in [0.3, 0.4) is 0 Å². The number of ether oxygens (including phenoxy) is 2. The molecular formula is C21H29N3O2.